The van der Waals surface area contributed by atoms with Crippen molar-refractivity contribution < 1.29 is 4.79 Å². The van der Waals surface area contributed by atoms with E-state index in [0.717, 1.165) is 23.4 Å². The summed E-state index contributed by atoms with van der Waals surface area (Å²) in [6.45, 7) is 4.58. The Kier molecular flexibility index (Phi) is 4.87. The maximum Gasteiger partial charge on any atom is 0.254 e. The van der Waals surface area contributed by atoms with Crippen LogP contribution in [0.25, 0.3) is 0 Å². The largest absolute Gasteiger partial charge is 0.399 e. The van der Waals surface area contributed by atoms with Crippen molar-refractivity contribution in [3.8, 4) is 0 Å². The van der Waals surface area contributed by atoms with Gasteiger partial charge in [-0.3, -0.25) is 4.79 Å². The van der Waals surface area contributed by atoms with Crippen LogP contribution in [0.4, 0.5) is 5.69 Å². The quantitative estimate of drug-likeness (QED) is 0.824. The van der Waals surface area contributed by atoms with Gasteiger partial charge in [-0.05, 0) is 30.0 Å². The van der Waals surface area contributed by atoms with E-state index >= 15 is 0 Å². The van der Waals surface area contributed by atoms with Crippen molar-refractivity contribution in [3.05, 3.63) is 53.6 Å². The first kappa shape index (κ1) is 15.0. The second-order valence-corrected chi connectivity index (χ2v) is 5.22. The summed E-state index contributed by atoms with van der Waals surface area (Å²) in [7, 11) is 0. The lowest BCUT2D eigenvalue weighted by Crippen LogP contribution is -2.27. The average molecular weight is 284 g/mol. The zero-order valence-electron chi connectivity index (χ0n) is 12.3. The number of carbonyl (C=O) groups excluding carboxylic acids is 1. The van der Waals surface area contributed by atoms with E-state index in [1.807, 2.05) is 38.1 Å². The Hall–Kier alpha value is -2.43. The first-order valence-electron chi connectivity index (χ1n) is 7.00. The smallest absolute Gasteiger partial charge is 0.254 e. The lowest BCUT2D eigenvalue weighted by molar-refractivity contribution is 0.0952. The van der Waals surface area contributed by atoms with Crippen LogP contribution in [0.1, 0.15) is 41.4 Å². The van der Waals surface area contributed by atoms with Crippen LogP contribution >= 0.6 is 0 Å². The number of aromatic nitrogens is 2. The van der Waals surface area contributed by atoms with Gasteiger partial charge < -0.3 is 11.1 Å². The summed E-state index contributed by atoms with van der Waals surface area (Å²) >= 11 is 0. The summed E-state index contributed by atoms with van der Waals surface area (Å²) in [6.07, 6.45) is 3.80. The molecule has 3 N–H and O–H groups in total. The van der Waals surface area contributed by atoms with Crippen LogP contribution in [0.5, 0.6) is 0 Å². The topological polar surface area (TPSA) is 80.9 Å². The Labute approximate surface area is 124 Å². The normalized spacial score (nSPS) is 10.6. The van der Waals surface area contributed by atoms with E-state index in [0.29, 0.717) is 12.1 Å². The van der Waals surface area contributed by atoms with Gasteiger partial charge in [0.1, 0.15) is 6.33 Å². The fourth-order valence-electron chi connectivity index (χ4n) is 2.07. The van der Waals surface area contributed by atoms with Gasteiger partial charge in [-0.25, -0.2) is 9.97 Å². The molecule has 5 heteroatoms. The monoisotopic (exact) mass is 284 g/mol. The summed E-state index contributed by atoms with van der Waals surface area (Å²) in [4.78, 5) is 20.3. The number of benzene rings is 1. The molecule has 0 aliphatic rings. The number of hydrogen-bond donors (Lipinski definition) is 2. The number of nitrogens with one attached hydrogen (secondary N) is 1. The zero-order chi connectivity index (χ0) is 15.2. The van der Waals surface area contributed by atoms with Crippen molar-refractivity contribution in [3.63, 3.8) is 0 Å². The van der Waals surface area contributed by atoms with Crippen LogP contribution in [0.3, 0.4) is 0 Å². The first-order valence-corrected chi connectivity index (χ1v) is 7.00. The van der Waals surface area contributed by atoms with Gasteiger partial charge in [0.05, 0.1) is 11.3 Å². The predicted octanol–water partition coefficient (Wildman–Crippen LogP) is 2.15. The van der Waals surface area contributed by atoms with Crippen molar-refractivity contribution in [2.24, 2.45) is 0 Å². The second-order valence-electron chi connectivity index (χ2n) is 5.22. The third-order valence-corrected chi connectivity index (χ3v) is 3.21. The molecule has 0 fully saturated rings. The Morgan fingerprint density at radius 1 is 1.29 bits per heavy atom. The van der Waals surface area contributed by atoms with Gasteiger partial charge in [-0.1, -0.05) is 26.0 Å². The van der Waals surface area contributed by atoms with Crippen LogP contribution in [0, 0.1) is 0 Å². The van der Waals surface area contributed by atoms with Gasteiger partial charge in [-0.15, -0.1) is 0 Å². The summed E-state index contributed by atoms with van der Waals surface area (Å²) < 4.78 is 0. The number of carbonyl (C=O) groups is 1. The molecule has 0 saturated carbocycles. The van der Waals surface area contributed by atoms with Gasteiger partial charge in [-0.2, -0.15) is 0 Å². The highest BCUT2D eigenvalue weighted by atomic mass is 16.1. The fourth-order valence-corrected chi connectivity index (χ4v) is 2.07. The molecule has 0 radical (unpaired) electrons. The highest BCUT2D eigenvalue weighted by Gasteiger charge is 2.14. The second kappa shape index (κ2) is 6.83. The number of amides is 1. The molecule has 0 aliphatic carbocycles. The summed E-state index contributed by atoms with van der Waals surface area (Å²) in [6, 6.07) is 7.65. The van der Waals surface area contributed by atoms with Gasteiger partial charge in [0.15, 0.2) is 0 Å². The first-order chi connectivity index (χ1) is 10.1. The molecule has 2 rings (SSSR count). The van der Waals surface area contributed by atoms with E-state index in [1.54, 1.807) is 6.20 Å². The van der Waals surface area contributed by atoms with E-state index in [9.17, 15) is 4.79 Å². The van der Waals surface area contributed by atoms with E-state index < -0.39 is 0 Å². The zero-order valence-corrected chi connectivity index (χ0v) is 12.3. The lowest BCUT2D eigenvalue weighted by atomic mass is 10.0. The third kappa shape index (κ3) is 4.02. The molecule has 21 heavy (non-hydrogen) atoms. The molecule has 0 saturated heterocycles. The highest BCUT2D eigenvalue weighted by molar-refractivity contribution is 5.95. The summed E-state index contributed by atoms with van der Waals surface area (Å²) in [5.74, 6) is 0.0561. The number of nitrogens with zero attached hydrogens (tertiary/aromatic N) is 2. The Balaban J connectivity index is 1.94. The van der Waals surface area contributed by atoms with Crippen molar-refractivity contribution in [1.82, 2.24) is 15.3 Å². The molecule has 0 atom stereocenters. The molecule has 2 aromatic rings. The Morgan fingerprint density at radius 3 is 2.67 bits per heavy atom. The maximum atomic E-state index is 12.2. The van der Waals surface area contributed by atoms with Crippen molar-refractivity contribution in [1.29, 1.82) is 0 Å². The van der Waals surface area contributed by atoms with Crippen molar-refractivity contribution in [2.45, 2.75) is 26.2 Å². The maximum absolute atomic E-state index is 12.2. The highest BCUT2D eigenvalue weighted by Crippen LogP contribution is 2.15. The number of anilines is 1. The van der Waals surface area contributed by atoms with Gasteiger partial charge >= 0.3 is 0 Å². The predicted molar refractivity (Wildman–Crippen MR) is 83.0 cm³/mol. The van der Waals surface area contributed by atoms with Gasteiger partial charge in [0, 0.05) is 18.4 Å². The van der Waals surface area contributed by atoms with Gasteiger partial charge in [0.2, 0.25) is 0 Å². The van der Waals surface area contributed by atoms with Crippen LogP contribution in [0.2, 0.25) is 0 Å². The van der Waals surface area contributed by atoms with Crippen LogP contribution in [-0.2, 0) is 6.42 Å². The molecule has 0 bridgehead atoms. The molecule has 0 spiro atoms. The van der Waals surface area contributed by atoms with E-state index in [4.69, 9.17) is 5.73 Å². The number of rotatable bonds is 5. The minimum Gasteiger partial charge on any atom is -0.399 e. The minimum absolute atomic E-state index is 0.130. The third-order valence-electron chi connectivity index (χ3n) is 3.21. The molecular weight excluding hydrogens is 264 g/mol. The molecule has 1 aromatic carbocycles. The molecule has 1 aromatic heterocycles. The fraction of sp³-hybridized carbons (Fsp3) is 0.312. The molecule has 5 nitrogen and oxygen atoms in total. The van der Waals surface area contributed by atoms with Crippen molar-refractivity contribution in [2.75, 3.05) is 12.3 Å². The summed E-state index contributed by atoms with van der Waals surface area (Å²) in [5, 5.41) is 2.91. The number of nitrogen functional groups attached to an aromatic ring is 1. The van der Waals surface area contributed by atoms with Gasteiger partial charge in [0.25, 0.3) is 5.91 Å². The van der Waals surface area contributed by atoms with E-state index in [1.165, 1.54) is 6.33 Å². The van der Waals surface area contributed by atoms with E-state index in [-0.39, 0.29) is 11.8 Å². The molecule has 0 unspecified atom stereocenters. The van der Waals surface area contributed by atoms with Crippen LogP contribution < -0.4 is 11.1 Å². The Morgan fingerprint density at radius 2 is 2.00 bits per heavy atom. The van der Waals surface area contributed by atoms with E-state index in [2.05, 4.69) is 15.3 Å². The molecule has 110 valence electrons. The molecular formula is C16H20N4O. The summed E-state index contributed by atoms with van der Waals surface area (Å²) in [5.41, 5.74) is 8.84. The average Bonchev–Trinajstić information content (AvgIpc) is 2.49. The molecule has 1 amide bonds. The van der Waals surface area contributed by atoms with Crippen molar-refractivity contribution >= 4 is 11.6 Å². The van der Waals surface area contributed by atoms with Crippen LogP contribution in [-0.4, -0.2) is 22.4 Å². The number of hydrogen-bond acceptors (Lipinski definition) is 4. The van der Waals surface area contributed by atoms with Crippen LogP contribution in [0.15, 0.2) is 36.8 Å². The standard InChI is InChI=1S/C16H20N4O/c1-11(2)15-14(9-18-10-20-15)16(21)19-8-7-12-3-5-13(17)6-4-12/h3-6,9-11H,7-8,17H2,1-2H3,(H,19,21). The molecule has 1 heterocycles. The lowest BCUT2D eigenvalue weighted by Gasteiger charge is -2.11. The molecule has 0 aliphatic heterocycles. The Bertz CT molecular complexity index is 608. The number of nitrogens with two attached hydrogens (primary N) is 1. The minimum atomic E-state index is -0.130. The SMILES string of the molecule is CC(C)c1ncncc1C(=O)NCCc1ccc(N)cc1.